The van der Waals surface area contributed by atoms with Crippen LogP contribution < -0.4 is 10.6 Å². The van der Waals surface area contributed by atoms with Crippen molar-refractivity contribution in [1.29, 1.82) is 0 Å². The van der Waals surface area contributed by atoms with Gasteiger partial charge in [0.25, 0.3) is 0 Å². The predicted octanol–water partition coefficient (Wildman–Crippen LogP) is 0.330. The number of hydrogen-bond acceptors (Lipinski definition) is 4. The second-order valence-corrected chi connectivity index (χ2v) is 5.13. The summed E-state index contributed by atoms with van der Waals surface area (Å²) in [6, 6.07) is -0.425. The standard InChI is InChI=1S/C12H23N3O3/c1-8(2)13-12(17)14-11(16)7-15-5-9(3)18-10(4)6-15/h8-10H,5-7H2,1-4H3,(H2,13,14,16,17)/t9-,10-/m0/s1. The SMILES string of the molecule is CC(C)NC(=O)NC(=O)CN1C[C@H](C)O[C@@H](C)C1. The maximum absolute atomic E-state index is 11.7. The van der Waals surface area contributed by atoms with E-state index in [0.717, 1.165) is 0 Å². The number of nitrogens with zero attached hydrogens (tertiary/aromatic N) is 1. The first kappa shape index (κ1) is 14.9. The van der Waals surface area contributed by atoms with Crippen molar-refractivity contribution in [1.82, 2.24) is 15.5 Å². The van der Waals surface area contributed by atoms with Crippen molar-refractivity contribution in [3.63, 3.8) is 0 Å². The number of urea groups is 1. The van der Waals surface area contributed by atoms with E-state index >= 15 is 0 Å². The molecule has 18 heavy (non-hydrogen) atoms. The van der Waals surface area contributed by atoms with E-state index in [0.29, 0.717) is 13.1 Å². The van der Waals surface area contributed by atoms with Crippen molar-refractivity contribution < 1.29 is 14.3 Å². The highest BCUT2D eigenvalue weighted by atomic mass is 16.5. The lowest BCUT2D eigenvalue weighted by Gasteiger charge is -2.34. The van der Waals surface area contributed by atoms with Crippen molar-refractivity contribution in [2.45, 2.75) is 45.9 Å². The van der Waals surface area contributed by atoms with E-state index in [9.17, 15) is 9.59 Å². The van der Waals surface area contributed by atoms with Crippen LogP contribution in [0.5, 0.6) is 0 Å². The third-order valence-corrected chi connectivity index (χ3v) is 2.54. The van der Waals surface area contributed by atoms with Gasteiger partial charge in [0, 0.05) is 19.1 Å². The molecule has 0 spiro atoms. The van der Waals surface area contributed by atoms with Crippen LogP contribution in [0.25, 0.3) is 0 Å². The van der Waals surface area contributed by atoms with Gasteiger partial charge in [-0.05, 0) is 27.7 Å². The Bertz CT molecular complexity index is 297. The third kappa shape index (κ3) is 5.46. The Balaban J connectivity index is 2.33. The van der Waals surface area contributed by atoms with E-state index in [2.05, 4.69) is 10.6 Å². The van der Waals surface area contributed by atoms with Crippen molar-refractivity contribution >= 4 is 11.9 Å². The van der Waals surface area contributed by atoms with Gasteiger partial charge in [-0.2, -0.15) is 0 Å². The molecule has 0 aromatic carbocycles. The molecule has 3 amide bonds. The molecule has 2 atom stereocenters. The number of rotatable bonds is 3. The van der Waals surface area contributed by atoms with Gasteiger partial charge in [-0.25, -0.2) is 4.79 Å². The molecule has 2 N–H and O–H groups in total. The first-order chi connectivity index (χ1) is 8.36. The molecular formula is C12H23N3O3. The van der Waals surface area contributed by atoms with Crippen molar-refractivity contribution in [2.24, 2.45) is 0 Å². The highest BCUT2D eigenvalue weighted by Gasteiger charge is 2.24. The maximum atomic E-state index is 11.7. The first-order valence-corrected chi connectivity index (χ1v) is 6.35. The second kappa shape index (κ2) is 6.70. The van der Waals surface area contributed by atoms with Gasteiger partial charge in [0.1, 0.15) is 0 Å². The van der Waals surface area contributed by atoms with Crippen LogP contribution in [0.3, 0.4) is 0 Å². The average molecular weight is 257 g/mol. The fourth-order valence-corrected chi connectivity index (χ4v) is 2.08. The number of hydrogen-bond donors (Lipinski definition) is 2. The van der Waals surface area contributed by atoms with Gasteiger partial charge < -0.3 is 10.1 Å². The lowest BCUT2D eigenvalue weighted by molar-refractivity contribution is -0.124. The zero-order valence-electron chi connectivity index (χ0n) is 11.5. The summed E-state index contributed by atoms with van der Waals surface area (Å²) in [5.74, 6) is -0.283. The average Bonchev–Trinajstić information content (AvgIpc) is 2.12. The van der Waals surface area contributed by atoms with Gasteiger partial charge in [0.15, 0.2) is 0 Å². The first-order valence-electron chi connectivity index (χ1n) is 6.35. The van der Waals surface area contributed by atoms with Crippen molar-refractivity contribution in [2.75, 3.05) is 19.6 Å². The number of carbonyl (C=O) groups excluding carboxylic acids is 2. The molecule has 6 heteroatoms. The summed E-state index contributed by atoms with van der Waals surface area (Å²) in [5, 5.41) is 4.93. The summed E-state index contributed by atoms with van der Waals surface area (Å²) in [6.07, 6.45) is 0.233. The molecule has 0 aromatic rings. The topological polar surface area (TPSA) is 70.7 Å². The van der Waals surface area contributed by atoms with Crippen LogP contribution in [0.4, 0.5) is 4.79 Å². The van der Waals surface area contributed by atoms with Gasteiger partial charge in [-0.1, -0.05) is 0 Å². The van der Waals surface area contributed by atoms with Gasteiger partial charge in [0.05, 0.1) is 18.8 Å². The number of ether oxygens (including phenoxy) is 1. The van der Waals surface area contributed by atoms with Crippen LogP contribution in [0, 0.1) is 0 Å². The normalized spacial score (nSPS) is 24.9. The summed E-state index contributed by atoms with van der Waals surface area (Å²) in [7, 11) is 0. The highest BCUT2D eigenvalue weighted by molar-refractivity contribution is 5.95. The second-order valence-electron chi connectivity index (χ2n) is 5.13. The predicted molar refractivity (Wildman–Crippen MR) is 68.3 cm³/mol. The molecule has 1 saturated heterocycles. The lowest BCUT2D eigenvalue weighted by atomic mass is 10.2. The Hall–Kier alpha value is -1.14. The molecule has 104 valence electrons. The van der Waals surface area contributed by atoms with Gasteiger partial charge in [0.2, 0.25) is 5.91 Å². The Morgan fingerprint density at radius 1 is 1.28 bits per heavy atom. The lowest BCUT2D eigenvalue weighted by Crippen LogP contribution is -2.51. The molecule has 1 aliphatic rings. The van der Waals surface area contributed by atoms with Crippen LogP contribution >= 0.6 is 0 Å². The molecule has 0 unspecified atom stereocenters. The minimum atomic E-state index is -0.440. The quantitative estimate of drug-likeness (QED) is 0.764. The minimum absolute atomic E-state index is 0.0150. The molecule has 1 aliphatic heterocycles. The van der Waals surface area contributed by atoms with E-state index in [1.807, 2.05) is 32.6 Å². The Morgan fingerprint density at radius 3 is 2.33 bits per heavy atom. The van der Waals surface area contributed by atoms with Gasteiger partial charge in [-0.15, -0.1) is 0 Å². The molecule has 0 aromatic heterocycles. The molecule has 1 fully saturated rings. The van der Waals surface area contributed by atoms with E-state index in [1.54, 1.807) is 0 Å². The molecule has 0 saturated carbocycles. The molecule has 1 rings (SSSR count). The number of carbonyl (C=O) groups is 2. The van der Waals surface area contributed by atoms with E-state index in [-0.39, 0.29) is 30.7 Å². The third-order valence-electron chi connectivity index (χ3n) is 2.54. The summed E-state index contributed by atoms with van der Waals surface area (Å²) < 4.78 is 5.58. The van der Waals surface area contributed by atoms with E-state index < -0.39 is 6.03 Å². The summed E-state index contributed by atoms with van der Waals surface area (Å²) in [5.41, 5.74) is 0. The Labute approximate surface area is 108 Å². The monoisotopic (exact) mass is 257 g/mol. The molecule has 1 heterocycles. The minimum Gasteiger partial charge on any atom is -0.373 e. The molecule has 0 radical (unpaired) electrons. The molecule has 0 bridgehead atoms. The Kier molecular flexibility index (Phi) is 5.55. The summed E-state index contributed by atoms with van der Waals surface area (Å²) in [6.45, 7) is 9.29. The van der Waals surface area contributed by atoms with Crippen LogP contribution in [0.1, 0.15) is 27.7 Å². The molecule has 0 aliphatic carbocycles. The van der Waals surface area contributed by atoms with Crippen LogP contribution in [0.2, 0.25) is 0 Å². The highest BCUT2D eigenvalue weighted by Crippen LogP contribution is 2.09. The number of amides is 3. The largest absolute Gasteiger partial charge is 0.373 e. The van der Waals surface area contributed by atoms with Gasteiger partial charge >= 0.3 is 6.03 Å². The van der Waals surface area contributed by atoms with Crippen LogP contribution in [-0.4, -0.2) is 54.7 Å². The smallest absolute Gasteiger partial charge is 0.321 e. The molecule has 6 nitrogen and oxygen atoms in total. The zero-order valence-corrected chi connectivity index (χ0v) is 11.5. The Morgan fingerprint density at radius 2 is 1.83 bits per heavy atom. The fraction of sp³-hybridized carbons (Fsp3) is 0.833. The van der Waals surface area contributed by atoms with Crippen molar-refractivity contribution in [3.8, 4) is 0 Å². The summed E-state index contributed by atoms with van der Waals surface area (Å²) in [4.78, 5) is 25.0. The van der Waals surface area contributed by atoms with Crippen molar-refractivity contribution in [3.05, 3.63) is 0 Å². The fourth-order valence-electron chi connectivity index (χ4n) is 2.08. The summed E-state index contributed by atoms with van der Waals surface area (Å²) >= 11 is 0. The number of nitrogens with one attached hydrogen (secondary N) is 2. The number of imide groups is 1. The zero-order chi connectivity index (χ0) is 13.7. The van der Waals surface area contributed by atoms with Gasteiger partial charge in [-0.3, -0.25) is 15.0 Å². The van der Waals surface area contributed by atoms with Crippen LogP contribution in [-0.2, 0) is 9.53 Å². The van der Waals surface area contributed by atoms with E-state index in [4.69, 9.17) is 4.74 Å². The van der Waals surface area contributed by atoms with E-state index in [1.165, 1.54) is 0 Å². The van der Waals surface area contributed by atoms with Crippen LogP contribution in [0.15, 0.2) is 0 Å². The molecular weight excluding hydrogens is 234 g/mol. The maximum Gasteiger partial charge on any atom is 0.321 e. The number of morpholine rings is 1.